The van der Waals surface area contributed by atoms with Crippen molar-refractivity contribution >= 4 is 27.5 Å². The van der Waals surface area contributed by atoms with E-state index in [-0.39, 0.29) is 34.4 Å². The number of alkyl halides is 5. The molecule has 1 atom stereocenters. The smallest absolute Gasteiger partial charge is 0.330 e. The minimum atomic E-state index is -4.67. The number of benzene rings is 3. The predicted molar refractivity (Wildman–Crippen MR) is 177 cm³/mol. The van der Waals surface area contributed by atoms with Gasteiger partial charge in [-0.2, -0.15) is 27.1 Å². The van der Waals surface area contributed by atoms with Crippen LogP contribution in [0.3, 0.4) is 0 Å². The molecule has 256 valence electrons. The summed E-state index contributed by atoms with van der Waals surface area (Å²) >= 11 is 2.93. The fourth-order valence-corrected chi connectivity index (χ4v) is 6.71. The Labute approximate surface area is 289 Å². The SMILES string of the molecule is CC1Cc2c(n3ncc(Cc4ccccc4)c3n(-c3ccc(-c4nnc(C(C)(F)F)[nH]4)cc3)c2=O)CN1C(=O)c1ccc(Br)c(C(F)(F)F)c1. The number of aromatic nitrogens is 6. The van der Waals surface area contributed by atoms with Gasteiger partial charge in [-0.1, -0.05) is 46.3 Å². The highest BCUT2D eigenvalue weighted by Crippen LogP contribution is 2.36. The van der Waals surface area contributed by atoms with Gasteiger partial charge in [0.05, 0.1) is 29.7 Å². The van der Waals surface area contributed by atoms with Crippen LogP contribution in [0.4, 0.5) is 22.0 Å². The highest BCUT2D eigenvalue weighted by atomic mass is 79.9. The Hall–Kier alpha value is -5.18. The van der Waals surface area contributed by atoms with Gasteiger partial charge >= 0.3 is 12.1 Å². The summed E-state index contributed by atoms with van der Waals surface area (Å²) in [6, 6.07) is 19.0. The van der Waals surface area contributed by atoms with Gasteiger partial charge in [0.2, 0.25) is 5.82 Å². The lowest BCUT2D eigenvalue weighted by atomic mass is 9.97. The van der Waals surface area contributed by atoms with Crippen LogP contribution in [0.5, 0.6) is 0 Å². The number of aromatic amines is 1. The highest BCUT2D eigenvalue weighted by molar-refractivity contribution is 9.10. The second-order valence-corrected chi connectivity index (χ2v) is 13.1. The van der Waals surface area contributed by atoms with E-state index in [2.05, 4.69) is 36.2 Å². The number of hydrogen-bond acceptors (Lipinski definition) is 5. The largest absolute Gasteiger partial charge is 0.417 e. The molecule has 1 unspecified atom stereocenters. The summed E-state index contributed by atoms with van der Waals surface area (Å²) in [4.78, 5) is 32.2. The molecule has 3 aromatic heterocycles. The first-order valence-electron chi connectivity index (χ1n) is 15.5. The molecule has 1 N–H and O–H groups in total. The number of halogens is 6. The van der Waals surface area contributed by atoms with Crippen LogP contribution in [0.15, 0.2) is 88.3 Å². The first kappa shape index (κ1) is 33.3. The molecule has 0 bridgehead atoms. The molecule has 1 amide bonds. The number of carbonyl (C=O) groups is 1. The van der Waals surface area contributed by atoms with Gasteiger partial charge < -0.3 is 9.88 Å². The topological polar surface area (TPSA) is 101 Å². The molecule has 3 aromatic carbocycles. The van der Waals surface area contributed by atoms with Crippen molar-refractivity contribution in [2.75, 3.05) is 0 Å². The van der Waals surface area contributed by atoms with Gasteiger partial charge in [-0.15, -0.1) is 10.2 Å². The van der Waals surface area contributed by atoms with Crippen molar-refractivity contribution < 1.29 is 26.7 Å². The van der Waals surface area contributed by atoms with Gasteiger partial charge in [0, 0.05) is 46.1 Å². The van der Waals surface area contributed by atoms with Crippen molar-refractivity contribution in [2.24, 2.45) is 0 Å². The second kappa shape index (κ2) is 12.3. The average molecular weight is 753 g/mol. The van der Waals surface area contributed by atoms with Crippen molar-refractivity contribution in [3.63, 3.8) is 0 Å². The van der Waals surface area contributed by atoms with E-state index < -0.39 is 35.4 Å². The zero-order chi connectivity index (χ0) is 35.5. The zero-order valence-corrected chi connectivity index (χ0v) is 28.1. The molecule has 15 heteroatoms. The van der Waals surface area contributed by atoms with Crippen LogP contribution in [0.2, 0.25) is 0 Å². The Morgan fingerprint density at radius 2 is 1.72 bits per heavy atom. The molecule has 50 heavy (non-hydrogen) atoms. The maximum absolute atomic E-state index is 14.5. The van der Waals surface area contributed by atoms with E-state index in [1.54, 1.807) is 41.9 Å². The van der Waals surface area contributed by atoms with E-state index in [9.17, 15) is 31.5 Å². The third-order valence-electron chi connectivity index (χ3n) is 8.76. The Morgan fingerprint density at radius 1 is 1.00 bits per heavy atom. The van der Waals surface area contributed by atoms with Gasteiger partial charge in [0.1, 0.15) is 5.65 Å². The lowest BCUT2D eigenvalue weighted by Crippen LogP contribution is -2.46. The number of amides is 1. The van der Waals surface area contributed by atoms with Crippen molar-refractivity contribution in [1.82, 2.24) is 34.3 Å². The lowest BCUT2D eigenvalue weighted by Gasteiger charge is -2.35. The van der Waals surface area contributed by atoms with Crippen LogP contribution in [-0.2, 0) is 31.5 Å². The number of H-pyrrole nitrogens is 1. The minimum absolute atomic E-state index is 0.0688. The molecule has 0 spiro atoms. The van der Waals surface area contributed by atoms with Gasteiger partial charge in [0.15, 0.2) is 5.82 Å². The fraction of sp³-hybridized carbons (Fsp3) is 0.229. The van der Waals surface area contributed by atoms with Crippen molar-refractivity contribution in [3.05, 3.63) is 133 Å². The summed E-state index contributed by atoms with van der Waals surface area (Å²) in [5.74, 6) is -4.25. The number of fused-ring (bicyclic) bond motifs is 3. The Morgan fingerprint density at radius 3 is 2.38 bits per heavy atom. The Kier molecular flexibility index (Phi) is 8.20. The quantitative estimate of drug-likeness (QED) is 0.180. The van der Waals surface area contributed by atoms with Crippen molar-refractivity contribution in [3.8, 4) is 17.1 Å². The monoisotopic (exact) mass is 751 g/mol. The van der Waals surface area contributed by atoms with E-state index in [1.165, 1.54) is 21.6 Å². The summed E-state index contributed by atoms with van der Waals surface area (Å²) in [6.07, 6.45) is -2.47. The normalized spacial score (nSPS) is 15.0. The Balaban J connectivity index is 1.33. The minimum Gasteiger partial charge on any atom is -0.330 e. The van der Waals surface area contributed by atoms with Gasteiger partial charge in [-0.3, -0.25) is 14.2 Å². The first-order valence-corrected chi connectivity index (χ1v) is 16.3. The maximum Gasteiger partial charge on any atom is 0.417 e. The second-order valence-electron chi connectivity index (χ2n) is 12.3. The summed E-state index contributed by atoms with van der Waals surface area (Å²) in [5, 5.41) is 12.1. The summed E-state index contributed by atoms with van der Waals surface area (Å²) < 4.78 is 71.6. The van der Waals surface area contributed by atoms with E-state index in [0.29, 0.717) is 47.1 Å². The van der Waals surface area contributed by atoms with E-state index in [1.807, 2.05) is 30.3 Å². The molecule has 6 aromatic rings. The molecular weight excluding hydrogens is 725 g/mol. The molecule has 0 saturated heterocycles. The number of hydrogen-bond donors (Lipinski definition) is 1. The van der Waals surface area contributed by atoms with Crippen molar-refractivity contribution in [2.45, 2.75) is 51.4 Å². The molecule has 1 aliphatic rings. The van der Waals surface area contributed by atoms with Gasteiger partial charge in [-0.05, 0) is 61.4 Å². The summed E-state index contributed by atoms with van der Waals surface area (Å²) in [5.41, 5.74) is 2.49. The van der Waals surface area contributed by atoms with Gasteiger partial charge in [0.25, 0.3) is 11.5 Å². The summed E-state index contributed by atoms with van der Waals surface area (Å²) in [6.45, 7) is 2.39. The predicted octanol–water partition coefficient (Wildman–Crippen LogP) is 7.34. The van der Waals surface area contributed by atoms with E-state index in [0.717, 1.165) is 11.6 Å². The van der Waals surface area contributed by atoms with Crippen molar-refractivity contribution in [1.29, 1.82) is 0 Å². The Bertz CT molecular complexity index is 2310. The van der Waals surface area contributed by atoms with Crippen LogP contribution < -0.4 is 5.56 Å². The fourth-order valence-electron chi connectivity index (χ4n) is 6.24. The molecule has 0 fully saturated rings. The van der Waals surface area contributed by atoms with Crippen LogP contribution >= 0.6 is 15.9 Å². The zero-order valence-electron chi connectivity index (χ0n) is 26.5. The number of nitrogens with one attached hydrogen (secondary N) is 1. The third-order valence-corrected chi connectivity index (χ3v) is 9.46. The van der Waals surface area contributed by atoms with E-state index in [4.69, 9.17) is 0 Å². The molecule has 0 saturated carbocycles. The molecule has 4 heterocycles. The first-order chi connectivity index (χ1) is 23.7. The van der Waals surface area contributed by atoms with Crippen LogP contribution in [0.1, 0.15) is 58.0 Å². The molecule has 0 aliphatic carbocycles. The van der Waals surface area contributed by atoms with E-state index >= 15 is 0 Å². The molecular formula is C35H27BrF5N7O2. The van der Waals surface area contributed by atoms with Crippen LogP contribution in [0.25, 0.3) is 22.7 Å². The number of rotatable bonds is 6. The summed E-state index contributed by atoms with van der Waals surface area (Å²) in [7, 11) is 0. The van der Waals surface area contributed by atoms with Gasteiger partial charge in [-0.25, -0.2) is 4.52 Å². The van der Waals surface area contributed by atoms with Crippen LogP contribution in [0, 0.1) is 0 Å². The number of carbonyl (C=O) groups excluding carboxylic acids is 1. The lowest BCUT2D eigenvalue weighted by molar-refractivity contribution is -0.138. The highest BCUT2D eigenvalue weighted by Gasteiger charge is 2.37. The molecule has 0 radical (unpaired) electrons. The standard InChI is InChI=1S/C35H27BrF5N7O2/c1-19-14-25-28(18-46(19)31(49)22-10-13-27(36)26(16-22)35(39,40)41)48-30(23(17-42-48)15-20-6-4-3-5-7-20)47(32(25)50)24-11-8-21(9-12-24)29-43-33(45-44-29)34(2,37)38/h3-13,16-17,19H,14-15,18H2,1-2H3,(H,43,44,45). The van der Waals surface area contributed by atoms with Crippen LogP contribution in [-0.4, -0.2) is 46.2 Å². The molecule has 1 aliphatic heterocycles. The average Bonchev–Trinajstić information content (AvgIpc) is 3.74. The maximum atomic E-state index is 14.5. The number of nitrogens with zero attached hydrogens (tertiary/aromatic N) is 6. The molecule has 9 nitrogen and oxygen atoms in total. The molecule has 7 rings (SSSR count). The third kappa shape index (κ3) is 5.99.